The van der Waals surface area contributed by atoms with Gasteiger partial charge < -0.3 is 14.8 Å². The highest BCUT2D eigenvalue weighted by Crippen LogP contribution is 2.27. The summed E-state index contributed by atoms with van der Waals surface area (Å²) in [5.74, 6) is 1.15. The molecule has 0 aliphatic carbocycles. The maximum absolute atomic E-state index is 13.9. The molecule has 0 amide bonds. The van der Waals surface area contributed by atoms with Crippen molar-refractivity contribution in [1.29, 1.82) is 0 Å². The molecule has 0 atom stereocenters. The normalized spacial score (nSPS) is 10.3. The lowest BCUT2D eigenvalue weighted by Gasteiger charge is -2.13. The molecule has 0 radical (unpaired) electrons. The van der Waals surface area contributed by atoms with Crippen LogP contribution in [-0.4, -0.2) is 14.2 Å². The van der Waals surface area contributed by atoms with Gasteiger partial charge in [-0.25, -0.2) is 4.39 Å². The molecule has 0 spiro atoms. The number of anilines is 1. The lowest BCUT2D eigenvalue weighted by atomic mass is 10.1. The van der Waals surface area contributed by atoms with Crippen LogP contribution in [0.15, 0.2) is 34.8 Å². The summed E-state index contributed by atoms with van der Waals surface area (Å²) in [4.78, 5) is 0. The van der Waals surface area contributed by atoms with Crippen molar-refractivity contribution < 1.29 is 13.9 Å². The molecule has 0 saturated heterocycles. The standard InChI is InChI=1S/C16H17BrFNO2/c1-10-6-14(18)15(8-13(10)17)19-9-11-4-5-12(20-2)7-16(11)21-3/h4-8,19H,9H2,1-3H3. The Labute approximate surface area is 132 Å². The summed E-state index contributed by atoms with van der Waals surface area (Å²) in [5.41, 5.74) is 2.24. The maximum Gasteiger partial charge on any atom is 0.146 e. The summed E-state index contributed by atoms with van der Waals surface area (Å²) < 4.78 is 25.3. The molecule has 0 unspecified atom stereocenters. The summed E-state index contributed by atoms with van der Waals surface area (Å²) in [7, 11) is 3.20. The molecular weight excluding hydrogens is 337 g/mol. The summed E-state index contributed by atoms with van der Waals surface area (Å²) in [6.45, 7) is 2.31. The van der Waals surface area contributed by atoms with Crippen LogP contribution in [0.25, 0.3) is 0 Å². The molecule has 0 fully saturated rings. The third-order valence-electron chi connectivity index (χ3n) is 3.21. The summed E-state index contributed by atoms with van der Waals surface area (Å²) in [6.07, 6.45) is 0. The Morgan fingerprint density at radius 1 is 1.14 bits per heavy atom. The van der Waals surface area contributed by atoms with Crippen molar-refractivity contribution in [2.45, 2.75) is 13.5 Å². The van der Waals surface area contributed by atoms with Crippen molar-refractivity contribution in [3.05, 3.63) is 51.7 Å². The van der Waals surface area contributed by atoms with E-state index >= 15 is 0 Å². The van der Waals surface area contributed by atoms with Crippen LogP contribution in [0.4, 0.5) is 10.1 Å². The number of aryl methyl sites for hydroxylation is 1. The predicted octanol–water partition coefficient (Wildman–Crippen LogP) is 4.53. The zero-order valence-electron chi connectivity index (χ0n) is 12.2. The van der Waals surface area contributed by atoms with Crippen molar-refractivity contribution in [2.75, 3.05) is 19.5 Å². The van der Waals surface area contributed by atoms with Gasteiger partial charge in [-0.2, -0.15) is 0 Å². The van der Waals surface area contributed by atoms with E-state index in [1.807, 2.05) is 19.1 Å². The lowest BCUT2D eigenvalue weighted by molar-refractivity contribution is 0.391. The van der Waals surface area contributed by atoms with E-state index in [9.17, 15) is 4.39 Å². The van der Waals surface area contributed by atoms with Crippen LogP contribution in [0.2, 0.25) is 0 Å². The van der Waals surface area contributed by atoms with Gasteiger partial charge >= 0.3 is 0 Å². The molecule has 2 rings (SSSR count). The Kier molecular flexibility index (Phi) is 5.07. The number of methoxy groups -OCH3 is 2. The Balaban J connectivity index is 2.18. The fraction of sp³-hybridized carbons (Fsp3) is 0.250. The SMILES string of the molecule is COc1ccc(CNc2cc(Br)c(C)cc2F)c(OC)c1. The maximum atomic E-state index is 13.9. The van der Waals surface area contributed by atoms with Crippen molar-refractivity contribution in [3.8, 4) is 11.5 Å². The van der Waals surface area contributed by atoms with Gasteiger partial charge in [-0.3, -0.25) is 0 Å². The van der Waals surface area contributed by atoms with Crippen LogP contribution in [0, 0.1) is 12.7 Å². The molecule has 0 aliphatic rings. The smallest absolute Gasteiger partial charge is 0.146 e. The zero-order valence-corrected chi connectivity index (χ0v) is 13.8. The predicted molar refractivity (Wildman–Crippen MR) is 85.7 cm³/mol. The van der Waals surface area contributed by atoms with Crippen molar-refractivity contribution in [2.24, 2.45) is 0 Å². The number of hydrogen-bond acceptors (Lipinski definition) is 3. The Morgan fingerprint density at radius 3 is 2.57 bits per heavy atom. The highest BCUT2D eigenvalue weighted by atomic mass is 79.9. The Morgan fingerprint density at radius 2 is 1.90 bits per heavy atom. The van der Waals surface area contributed by atoms with Crippen molar-refractivity contribution in [1.82, 2.24) is 0 Å². The van der Waals surface area contributed by atoms with Gasteiger partial charge in [-0.05, 0) is 36.8 Å². The number of hydrogen-bond donors (Lipinski definition) is 1. The van der Waals surface area contributed by atoms with Crippen LogP contribution < -0.4 is 14.8 Å². The van der Waals surface area contributed by atoms with E-state index in [1.54, 1.807) is 26.4 Å². The third-order valence-corrected chi connectivity index (χ3v) is 4.07. The van der Waals surface area contributed by atoms with E-state index in [-0.39, 0.29) is 5.82 Å². The van der Waals surface area contributed by atoms with E-state index in [0.29, 0.717) is 18.0 Å². The van der Waals surface area contributed by atoms with Gasteiger partial charge in [0.2, 0.25) is 0 Å². The topological polar surface area (TPSA) is 30.5 Å². The van der Waals surface area contributed by atoms with Crippen molar-refractivity contribution in [3.63, 3.8) is 0 Å². The fourth-order valence-electron chi connectivity index (χ4n) is 1.97. The molecule has 3 nitrogen and oxygen atoms in total. The first-order valence-electron chi connectivity index (χ1n) is 6.45. The van der Waals surface area contributed by atoms with Gasteiger partial charge in [0.1, 0.15) is 17.3 Å². The molecule has 5 heteroatoms. The van der Waals surface area contributed by atoms with Crippen LogP contribution in [0.3, 0.4) is 0 Å². The van der Waals surface area contributed by atoms with E-state index in [2.05, 4.69) is 21.2 Å². The minimum absolute atomic E-state index is 0.275. The van der Waals surface area contributed by atoms with E-state index in [0.717, 1.165) is 21.3 Å². The third kappa shape index (κ3) is 3.67. The lowest BCUT2D eigenvalue weighted by Crippen LogP contribution is -2.04. The highest BCUT2D eigenvalue weighted by Gasteiger charge is 2.08. The average Bonchev–Trinajstić information content (AvgIpc) is 2.49. The molecule has 2 aromatic carbocycles. The number of rotatable bonds is 5. The van der Waals surface area contributed by atoms with Gasteiger partial charge in [0, 0.05) is 22.6 Å². The molecule has 0 aliphatic heterocycles. The fourth-order valence-corrected chi connectivity index (χ4v) is 2.31. The van der Waals surface area contributed by atoms with Gasteiger partial charge in [-0.1, -0.05) is 15.9 Å². The molecule has 1 N–H and O–H groups in total. The van der Waals surface area contributed by atoms with Gasteiger partial charge in [0.15, 0.2) is 0 Å². The summed E-state index contributed by atoms with van der Waals surface area (Å²) >= 11 is 3.41. The molecular formula is C16H17BrFNO2. The second-order valence-corrected chi connectivity index (χ2v) is 5.47. The van der Waals surface area contributed by atoms with Crippen LogP contribution in [0.5, 0.6) is 11.5 Å². The minimum atomic E-state index is -0.275. The van der Waals surface area contributed by atoms with Crippen LogP contribution >= 0.6 is 15.9 Å². The number of halogens is 2. The zero-order chi connectivity index (χ0) is 15.4. The van der Waals surface area contributed by atoms with Crippen LogP contribution in [0.1, 0.15) is 11.1 Å². The highest BCUT2D eigenvalue weighted by molar-refractivity contribution is 9.10. The quantitative estimate of drug-likeness (QED) is 0.856. The molecule has 0 aromatic heterocycles. The molecule has 0 saturated carbocycles. The number of nitrogens with one attached hydrogen (secondary N) is 1. The van der Waals surface area contributed by atoms with E-state index in [4.69, 9.17) is 9.47 Å². The molecule has 0 bridgehead atoms. The summed E-state index contributed by atoms with van der Waals surface area (Å²) in [5, 5.41) is 3.08. The second kappa shape index (κ2) is 6.80. The summed E-state index contributed by atoms with van der Waals surface area (Å²) in [6, 6.07) is 8.78. The average molecular weight is 354 g/mol. The first-order valence-corrected chi connectivity index (χ1v) is 7.25. The molecule has 2 aromatic rings. The first-order chi connectivity index (χ1) is 10.0. The van der Waals surface area contributed by atoms with Gasteiger partial charge in [0.05, 0.1) is 19.9 Å². The monoisotopic (exact) mass is 353 g/mol. The van der Waals surface area contributed by atoms with Crippen molar-refractivity contribution >= 4 is 21.6 Å². The Bertz CT molecular complexity index is 646. The second-order valence-electron chi connectivity index (χ2n) is 4.61. The van der Waals surface area contributed by atoms with E-state index in [1.165, 1.54) is 6.07 Å². The minimum Gasteiger partial charge on any atom is -0.497 e. The van der Waals surface area contributed by atoms with Crippen LogP contribution in [-0.2, 0) is 6.54 Å². The molecule has 112 valence electrons. The molecule has 0 heterocycles. The first kappa shape index (κ1) is 15.6. The number of benzene rings is 2. The molecule has 21 heavy (non-hydrogen) atoms. The Hall–Kier alpha value is -1.75. The largest absolute Gasteiger partial charge is 0.497 e. The van der Waals surface area contributed by atoms with Gasteiger partial charge in [-0.15, -0.1) is 0 Å². The number of ether oxygens (including phenoxy) is 2. The van der Waals surface area contributed by atoms with Gasteiger partial charge in [0.25, 0.3) is 0 Å². The van der Waals surface area contributed by atoms with E-state index < -0.39 is 0 Å².